The van der Waals surface area contributed by atoms with Gasteiger partial charge in [-0.2, -0.15) is 0 Å². The molecular formula is C28H25NO2. The topological polar surface area (TPSA) is 49.3 Å². The van der Waals surface area contributed by atoms with Crippen LogP contribution >= 0.6 is 0 Å². The van der Waals surface area contributed by atoms with Crippen LogP contribution in [0.3, 0.4) is 0 Å². The molecule has 0 saturated carbocycles. The molecule has 0 aromatic heterocycles. The lowest BCUT2D eigenvalue weighted by molar-refractivity contribution is -0.122. The summed E-state index contributed by atoms with van der Waals surface area (Å²) in [6, 6.07) is 36.6. The summed E-state index contributed by atoms with van der Waals surface area (Å²) in [6.07, 6.45) is 0.660. The molecule has 154 valence electrons. The van der Waals surface area contributed by atoms with Gasteiger partial charge in [-0.25, -0.2) is 0 Å². The number of aromatic hydroxyl groups is 1. The standard InChI is InChI=1S/C28H25NO2/c30-25-18-16-22(17-19-25)26(20-21-10-4-1-5-11-21)29-28(31)27(23-12-6-2-7-13-23)24-14-8-3-9-15-24/h1-19,26-27,30H,20H2,(H,29,31). The van der Waals surface area contributed by atoms with Crippen LogP contribution in [-0.2, 0) is 11.2 Å². The highest BCUT2D eigenvalue weighted by molar-refractivity contribution is 5.87. The molecule has 0 aliphatic rings. The van der Waals surface area contributed by atoms with Crippen molar-refractivity contribution in [1.29, 1.82) is 0 Å². The van der Waals surface area contributed by atoms with Gasteiger partial charge in [0, 0.05) is 0 Å². The Morgan fingerprint density at radius 3 is 1.65 bits per heavy atom. The molecule has 31 heavy (non-hydrogen) atoms. The fourth-order valence-electron chi connectivity index (χ4n) is 3.85. The molecule has 0 spiro atoms. The first kappa shape index (κ1) is 20.4. The van der Waals surface area contributed by atoms with Crippen molar-refractivity contribution in [3.05, 3.63) is 138 Å². The van der Waals surface area contributed by atoms with Crippen molar-refractivity contribution in [2.24, 2.45) is 0 Å². The van der Waals surface area contributed by atoms with E-state index in [1.165, 1.54) is 0 Å². The maximum Gasteiger partial charge on any atom is 0.232 e. The minimum Gasteiger partial charge on any atom is -0.508 e. The summed E-state index contributed by atoms with van der Waals surface area (Å²) < 4.78 is 0. The van der Waals surface area contributed by atoms with E-state index >= 15 is 0 Å². The molecular weight excluding hydrogens is 382 g/mol. The largest absolute Gasteiger partial charge is 0.508 e. The number of rotatable bonds is 7. The SMILES string of the molecule is O=C(NC(Cc1ccccc1)c1ccc(O)cc1)C(c1ccccc1)c1ccccc1. The Bertz CT molecular complexity index is 1050. The number of amides is 1. The molecule has 1 amide bonds. The van der Waals surface area contributed by atoms with Gasteiger partial charge in [0.15, 0.2) is 0 Å². The monoisotopic (exact) mass is 407 g/mol. The maximum atomic E-state index is 13.6. The van der Waals surface area contributed by atoms with Crippen LogP contribution in [0.2, 0.25) is 0 Å². The molecule has 4 rings (SSSR count). The number of benzene rings is 4. The average Bonchev–Trinajstić information content (AvgIpc) is 2.81. The Morgan fingerprint density at radius 1 is 0.645 bits per heavy atom. The van der Waals surface area contributed by atoms with Crippen molar-refractivity contribution in [2.75, 3.05) is 0 Å². The number of hydrogen-bond acceptors (Lipinski definition) is 2. The summed E-state index contributed by atoms with van der Waals surface area (Å²) in [4.78, 5) is 13.6. The first-order valence-electron chi connectivity index (χ1n) is 10.4. The minimum atomic E-state index is -0.405. The number of hydrogen-bond donors (Lipinski definition) is 2. The van der Waals surface area contributed by atoms with Gasteiger partial charge in [-0.3, -0.25) is 4.79 Å². The Morgan fingerprint density at radius 2 is 1.13 bits per heavy atom. The third-order valence-electron chi connectivity index (χ3n) is 5.42. The zero-order valence-corrected chi connectivity index (χ0v) is 17.2. The quantitative estimate of drug-likeness (QED) is 0.417. The fraction of sp³-hybridized carbons (Fsp3) is 0.107. The average molecular weight is 408 g/mol. The summed E-state index contributed by atoms with van der Waals surface area (Å²) in [5.41, 5.74) is 4.00. The first-order valence-corrected chi connectivity index (χ1v) is 10.4. The normalized spacial score (nSPS) is 11.8. The van der Waals surface area contributed by atoms with E-state index in [0.29, 0.717) is 6.42 Å². The molecule has 3 nitrogen and oxygen atoms in total. The predicted molar refractivity (Wildman–Crippen MR) is 124 cm³/mol. The van der Waals surface area contributed by atoms with Gasteiger partial charge in [-0.05, 0) is 40.8 Å². The molecule has 1 atom stereocenters. The number of carbonyl (C=O) groups is 1. The second kappa shape index (κ2) is 9.77. The van der Waals surface area contributed by atoms with E-state index in [1.807, 2.05) is 91.0 Å². The number of phenols is 1. The summed E-state index contributed by atoms with van der Waals surface area (Å²) >= 11 is 0. The third-order valence-corrected chi connectivity index (χ3v) is 5.42. The lowest BCUT2D eigenvalue weighted by Gasteiger charge is -2.24. The van der Waals surface area contributed by atoms with Crippen molar-refractivity contribution in [3.63, 3.8) is 0 Å². The molecule has 4 aromatic rings. The van der Waals surface area contributed by atoms with E-state index in [9.17, 15) is 9.90 Å². The van der Waals surface area contributed by atoms with Crippen molar-refractivity contribution in [1.82, 2.24) is 5.32 Å². The van der Waals surface area contributed by atoms with Gasteiger partial charge in [-0.15, -0.1) is 0 Å². The van der Waals surface area contributed by atoms with Crippen molar-refractivity contribution in [2.45, 2.75) is 18.4 Å². The molecule has 0 aliphatic carbocycles. The van der Waals surface area contributed by atoms with Crippen LogP contribution in [0.5, 0.6) is 5.75 Å². The van der Waals surface area contributed by atoms with E-state index in [-0.39, 0.29) is 17.7 Å². The van der Waals surface area contributed by atoms with Gasteiger partial charge in [-0.1, -0.05) is 103 Å². The van der Waals surface area contributed by atoms with Crippen molar-refractivity contribution < 1.29 is 9.90 Å². The van der Waals surface area contributed by atoms with Crippen LogP contribution in [0, 0.1) is 0 Å². The van der Waals surface area contributed by atoms with Gasteiger partial charge >= 0.3 is 0 Å². The van der Waals surface area contributed by atoms with Gasteiger partial charge in [0.05, 0.1) is 12.0 Å². The van der Waals surface area contributed by atoms with Gasteiger partial charge in [0.25, 0.3) is 0 Å². The second-order valence-electron chi connectivity index (χ2n) is 7.60. The number of phenolic OH excluding ortho intramolecular Hbond substituents is 1. The molecule has 1 unspecified atom stereocenters. The van der Waals surface area contributed by atoms with Crippen LogP contribution in [0.4, 0.5) is 0 Å². The van der Waals surface area contributed by atoms with Crippen LogP contribution in [0.1, 0.15) is 34.2 Å². The second-order valence-corrected chi connectivity index (χ2v) is 7.60. The summed E-state index contributed by atoms with van der Waals surface area (Å²) in [6.45, 7) is 0. The lowest BCUT2D eigenvalue weighted by Crippen LogP contribution is -2.34. The van der Waals surface area contributed by atoms with Crippen LogP contribution in [0.15, 0.2) is 115 Å². The Labute approximate surface area is 183 Å². The van der Waals surface area contributed by atoms with Crippen molar-refractivity contribution in [3.8, 4) is 5.75 Å². The molecule has 0 heterocycles. The van der Waals surface area contributed by atoms with Crippen LogP contribution < -0.4 is 5.32 Å². The van der Waals surface area contributed by atoms with Gasteiger partial charge in [0.2, 0.25) is 5.91 Å². The van der Waals surface area contributed by atoms with Crippen LogP contribution in [0.25, 0.3) is 0 Å². The van der Waals surface area contributed by atoms with E-state index in [2.05, 4.69) is 17.4 Å². The Balaban J connectivity index is 1.66. The van der Waals surface area contributed by atoms with E-state index in [0.717, 1.165) is 22.3 Å². The lowest BCUT2D eigenvalue weighted by atomic mass is 9.89. The van der Waals surface area contributed by atoms with E-state index < -0.39 is 5.92 Å². The molecule has 0 aliphatic heterocycles. The van der Waals surface area contributed by atoms with Crippen molar-refractivity contribution >= 4 is 5.91 Å². The highest BCUT2D eigenvalue weighted by Gasteiger charge is 2.25. The molecule has 2 N–H and O–H groups in total. The van der Waals surface area contributed by atoms with Gasteiger partial charge < -0.3 is 10.4 Å². The highest BCUT2D eigenvalue weighted by atomic mass is 16.3. The molecule has 3 heteroatoms. The Kier molecular flexibility index (Phi) is 6.44. The zero-order valence-electron chi connectivity index (χ0n) is 17.2. The summed E-state index contributed by atoms with van der Waals surface area (Å²) in [5, 5.41) is 13.0. The number of nitrogens with one attached hydrogen (secondary N) is 1. The predicted octanol–water partition coefficient (Wildman–Crippen LogP) is 5.62. The number of carbonyl (C=O) groups excluding carboxylic acids is 1. The van der Waals surface area contributed by atoms with E-state index in [1.54, 1.807) is 12.1 Å². The Hall–Kier alpha value is -3.85. The van der Waals surface area contributed by atoms with Gasteiger partial charge in [0.1, 0.15) is 5.75 Å². The molecule has 4 aromatic carbocycles. The molecule has 0 fully saturated rings. The molecule has 0 radical (unpaired) electrons. The smallest absolute Gasteiger partial charge is 0.232 e. The zero-order chi connectivity index (χ0) is 21.5. The minimum absolute atomic E-state index is 0.0496. The molecule has 0 bridgehead atoms. The maximum absolute atomic E-state index is 13.6. The fourth-order valence-corrected chi connectivity index (χ4v) is 3.85. The molecule has 0 saturated heterocycles. The van der Waals surface area contributed by atoms with Crippen LogP contribution in [-0.4, -0.2) is 11.0 Å². The third kappa shape index (κ3) is 5.20. The summed E-state index contributed by atoms with van der Waals surface area (Å²) in [7, 11) is 0. The highest BCUT2D eigenvalue weighted by Crippen LogP contribution is 2.27. The van der Waals surface area contributed by atoms with E-state index in [4.69, 9.17) is 0 Å². The first-order chi connectivity index (χ1) is 15.2. The summed E-state index contributed by atoms with van der Waals surface area (Å²) in [5.74, 6) is -0.246.